The molecule has 4 rings (SSSR count). The van der Waals surface area contributed by atoms with E-state index < -0.39 is 39.3 Å². The van der Waals surface area contributed by atoms with Crippen molar-refractivity contribution in [1.82, 2.24) is 10.2 Å². The molecular formula is C31H29ClN4O6S. The zero-order chi connectivity index (χ0) is 31.0. The highest BCUT2D eigenvalue weighted by molar-refractivity contribution is 7.92. The maximum Gasteiger partial charge on any atom is 0.269 e. The lowest BCUT2D eigenvalue weighted by Gasteiger charge is -2.33. The molecule has 0 aliphatic carbocycles. The van der Waals surface area contributed by atoms with Crippen molar-refractivity contribution in [3.63, 3.8) is 0 Å². The number of sulfonamides is 1. The van der Waals surface area contributed by atoms with E-state index in [0.29, 0.717) is 10.6 Å². The van der Waals surface area contributed by atoms with Crippen molar-refractivity contribution >= 4 is 44.8 Å². The van der Waals surface area contributed by atoms with E-state index in [2.05, 4.69) is 5.32 Å². The van der Waals surface area contributed by atoms with Crippen LogP contribution in [0.5, 0.6) is 0 Å². The molecule has 1 atom stereocenters. The Hall–Kier alpha value is -4.74. The summed E-state index contributed by atoms with van der Waals surface area (Å²) in [7, 11) is -2.86. The molecule has 0 saturated carbocycles. The fourth-order valence-corrected chi connectivity index (χ4v) is 6.15. The summed E-state index contributed by atoms with van der Waals surface area (Å²) in [6.07, 6.45) is 0.152. The van der Waals surface area contributed by atoms with Crippen LogP contribution >= 0.6 is 11.6 Å². The second-order valence-electron chi connectivity index (χ2n) is 9.53. The lowest BCUT2D eigenvalue weighted by molar-refractivity contribution is -0.384. The quantitative estimate of drug-likeness (QED) is 0.178. The number of hydrogen-bond donors (Lipinski definition) is 1. The van der Waals surface area contributed by atoms with Gasteiger partial charge in [-0.25, -0.2) is 8.42 Å². The van der Waals surface area contributed by atoms with E-state index in [4.69, 9.17) is 11.6 Å². The molecule has 0 saturated heterocycles. The Morgan fingerprint density at radius 1 is 0.884 bits per heavy atom. The van der Waals surface area contributed by atoms with Crippen LogP contribution in [0.25, 0.3) is 0 Å². The van der Waals surface area contributed by atoms with Gasteiger partial charge in [-0.1, -0.05) is 78.3 Å². The average molecular weight is 621 g/mol. The molecule has 0 heterocycles. The fourth-order valence-electron chi connectivity index (χ4n) is 4.52. The number of halogens is 1. The number of nitrogens with one attached hydrogen (secondary N) is 1. The van der Waals surface area contributed by atoms with Gasteiger partial charge in [0.15, 0.2) is 0 Å². The van der Waals surface area contributed by atoms with E-state index in [1.807, 2.05) is 30.3 Å². The molecule has 222 valence electrons. The van der Waals surface area contributed by atoms with Gasteiger partial charge in [0.25, 0.3) is 15.7 Å². The second kappa shape index (κ2) is 14.0. The molecule has 0 fully saturated rings. The van der Waals surface area contributed by atoms with Crippen LogP contribution in [0, 0.1) is 10.1 Å². The number of anilines is 1. The first-order valence-corrected chi connectivity index (χ1v) is 15.0. The summed E-state index contributed by atoms with van der Waals surface area (Å²) in [6, 6.07) is 27.4. The highest BCUT2D eigenvalue weighted by Crippen LogP contribution is 2.27. The maximum atomic E-state index is 14.2. The van der Waals surface area contributed by atoms with Gasteiger partial charge in [0.1, 0.15) is 12.6 Å². The Morgan fingerprint density at radius 2 is 1.47 bits per heavy atom. The molecule has 0 aliphatic rings. The van der Waals surface area contributed by atoms with Crippen molar-refractivity contribution in [1.29, 1.82) is 0 Å². The van der Waals surface area contributed by atoms with Crippen LogP contribution in [-0.4, -0.2) is 49.7 Å². The largest absolute Gasteiger partial charge is 0.357 e. The molecule has 0 unspecified atom stereocenters. The zero-order valence-electron chi connectivity index (χ0n) is 23.2. The first-order valence-electron chi connectivity index (χ1n) is 13.2. The van der Waals surface area contributed by atoms with Gasteiger partial charge in [-0.05, 0) is 41.5 Å². The first kappa shape index (κ1) is 31.2. The molecule has 12 heteroatoms. The molecule has 1 N–H and O–H groups in total. The SMILES string of the molecule is CNC(=O)[C@H](Cc1ccccc1)N(Cc1ccccc1Cl)C(=O)CN(c1ccc([N+](=O)[O-])cc1)S(=O)(=O)c1ccccc1. The minimum atomic E-state index is -4.32. The van der Waals surface area contributed by atoms with Crippen molar-refractivity contribution in [3.8, 4) is 0 Å². The number of nitrogens with zero attached hydrogens (tertiary/aromatic N) is 3. The van der Waals surface area contributed by atoms with Crippen molar-refractivity contribution in [2.24, 2.45) is 0 Å². The van der Waals surface area contributed by atoms with Gasteiger partial charge < -0.3 is 10.2 Å². The number of non-ortho nitro benzene ring substituents is 1. The highest BCUT2D eigenvalue weighted by Gasteiger charge is 2.34. The summed E-state index contributed by atoms with van der Waals surface area (Å²) in [5.41, 5.74) is 1.15. The van der Waals surface area contributed by atoms with Gasteiger partial charge in [0.05, 0.1) is 15.5 Å². The summed E-state index contributed by atoms with van der Waals surface area (Å²) >= 11 is 6.45. The molecule has 0 aromatic heterocycles. The Kier molecular flexibility index (Phi) is 10.1. The normalized spacial score (nSPS) is 11.8. The summed E-state index contributed by atoms with van der Waals surface area (Å²) in [5, 5.41) is 14.2. The Balaban J connectivity index is 1.80. The monoisotopic (exact) mass is 620 g/mol. The van der Waals surface area contributed by atoms with Crippen LogP contribution in [0.15, 0.2) is 114 Å². The van der Waals surface area contributed by atoms with Crippen molar-refractivity contribution in [2.75, 3.05) is 17.9 Å². The van der Waals surface area contributed by atoms with Crippen LogP contribution in [0.2, 0.25) is 5.02 Å². The maximum absolute atomic E-state index is 14.2. The van der Waals surface area contributed by atoms with Crippen LogP contribution in [0.3, 0.4) is 0 Å². The highest BCUT2D eigenvalue weighted by atomic mass is 35.5. The topological polar surface area (TPSA) is 130 Å². The Bertz CT molecular complexity index is 1690. The van der Waals surface area contributed by atoms with Crippen LogP contribution in [0.1, 0.15) is 11.1 Å². The summed E-state index contributed by atoms with van der Waals surface area (Å²) in [5.74, 6) is -1.13. The van der Waals surface area contributed by atoms with E-state index in [-0.39, 0.29) is 29.2 Å². The molecule has 0 radical (unpaired) electrons. The molecule has 0 spiro atoms. The van der Waals surface area contributed by atoms with Crippen LogP contribution in [-0.2, 0) is 32.6 Å². The molecule has 4 aromatic rings. The molecule has 0 bridgehead atoms. The number of amides is 2. The average Bonchev–Trinajstić information content (AvgIpc) is 3.02. The third-order valence-electron chi connectivity index (χ3n) is 6.77. The van der Waals surface area contributed by atoms with Crippen molar-refractivity contribution < 1.29 is 22.9 Å². The van der Waals surface area contributed by atoms with E-state index in [9.17, 15) is 28.1 Å². The third kappa shape index (κ3) is 7.56. The van der Waals surface area contributed by atoms with Crippen LogP contribution in [0.4, 0.5) is 11.4 Å². The predicted molar refractivity (Wildman–Crippen MR) is 164 cm³/mol. The molecule has 2 amide bonds. The molecular weight excluding hydrogens is 592 g/mol. The van der Waals surface area contributed by atoms with Gasteiger partial charge in [-0.15, -0.1) is 0 Å². The fraction of sp³-hybridized carbons (Fsp3) is 0.161. The van der Waals surface area contributed by atoms with Crippen molar-refractivity contribution in [3.05, 3.63) is 135 Å². The molecule has 4 aromatic carbocycles. The molecule has 43 heavy (non-hydrogen) atoms. The van der Waals surface area contributed by atoms with Gasteiger partial charge in [0.2, 0.25) is 11.8 Å². The molecule has 0 aliphatic heterocycles. The predicted octanol–water partition coefficient (Wildman–Crippen LogP) is 4.83. The lowest BCUT2D eigenvalue weighted by Crippen LogP contribution is -2.53. The van der Waals surface area contributed by atoms with Gasteiger partial charge in [0, 0.05) is 37.2 Å². The Labute approximate surface area is 254 Å². The number of benzene rings is 4. The first-order chi connectivity index (χ1) is 20.6. The smallest absolute Gasteiger partial charge is 0.269 e. The van der Waals surface area contributed by atoms with Gasteiger partial charge >= 0.3 is 0 Å². The van der Waals surface area contributed by atoms with Crippen molar-refractivity contribution in [2.45, 2.75) is 23.9 Å². The minimum absolute atomic E-state index is 0.0417. The van der Waals surface area contributed by atoms with Gasteiger partial charge in [-0.3, -0.25) is 24.0 Å². The summed E-state index contributed by atoms with van der Waals surface area (Å²) in [6.45, 7) is -0.773. The number of rotatable bonds is 12. The minimum Gasteiger partial charge on any atom is -0.357 e. The summed E-state index contributed by atoms with van der Waals surface area (Å²) in [4.78, 5) is 39.4. The second-order valence-corrected chi connectivity index (χ2v) is 11.8. The van der Waals surface area contributed by atoms with E-state index in [1.54, 1.807) is 42.5 Å². The van der Waals surface area contributed by atoms with E-state index >= 15 is 0 Å². The van der Waals surface area contributed by atoms with Crippen LogP contribution < -0.4 is 9.62 Å². The standard InChI is InChI=1S/C31H29ClN4O6S/c1-33-31(38)29(20-23-10-4-2-5-11-23)34(21-24-12-8-9-15-28(24)32)30(37)22-35(25-16-18-26(19-17-25)36(39)40)43(41,42)27-13-6-3-7-14-27/h2-19,29H,20-22H2,1H3,(H,33,38)/t29-/m0/s1. The number of carbonyl (C=O) groups is 2. The van der Waals surface area contributed by atoms with E-state index in [1.165, 1.54) is 36.2 Å². The number of hydrogen-bond acceptors (Lipinski definition) is 6. The number of likely N-dealkylation sites (N-methyl/N-ethyl adjacent to an activating group) is 1. The van der Waals surface area contributed by atoms with Gasteiger partial charge in [-0.2, -0.15) is 0 Å². The number of nitro groups is 1. The zero-order valence-corrected chi connectivity index (χ0v) is 24.7. The third-order valence-corrected chi connectivity index (χ3v) is 8.93. The molecule has 10 nitrogen and oxygen atoms in total. The number of nitro benzene ring substituents is 1. The lowest BCUT2D eigenvalue weighted by atomic mass is 10.0. The summed E-state index contributed by atoms with van der Waals surface area (Å²) < 4.78 is 28.7. The number of carbonyl (C=O) groups excluding carboxylic acids is 2. The van der Waals surface area contributed by atoms with E-state index in [0.717, 1.165) is 22.0 Å². The Morgan fingerprint density at radius 3 is 2.05 bits per heavy atom.